The van der Waals surface area contributed by atoms with Crippen molar-refractivity contribution in [3.05, 3.63) is 46.8 Å². The number of aromatic nitrogens is 3. The van der Waals surface area contributed by atoms with Crippen molar-refractivity contribution in [3.8, 4) is 0 Å². The Bertz CT molecular complexity index is 742. The lowest BCUT2D eigenvalue weighted by molar-refractivity contribution is -0.115. The number of aryl methyl sites for hydroxylation is 1. The second-order valence-corrected chi connectivity index (χ2v) is 6.00. The fourth-order valence-electron chi connectivity index (χ4n) is 1.63. The number of nitrogens with one attached hydrogen (secondary N) is 2. The van der Waals surface area contributed by atoms with Crippen molar-refractivity contribution in [3.63, 3.8) is 0 Å². The van der Waals surface area contributed by atoms with Crippen LogP contribution in [0.15, 0.2) is 35.5 Å². The topological polar surface area (TPSA) is 71.8 Å². The molecule has 9 heteroatoms. The van der Waals surface area contributed by atoms with Crippen LogP contribution < -0.4 is 10.7 Å². The second-order valence-electron chi connectivity index (χ2n) is 4.38. The average molecular weight is 368 g/mol. The zero-order valence-corrected chi connectivity index (χ0v) is 14.8. The Balaban J connectivity index is 1.93. The van der Waals surface area contributed by atoms with Crippen LogP contribution in [-0.4, -0.2) is 32.1 Å². The quantitative estimate of drug-likeness (QED) is 0.491. The van der Waals surface area contributed by atoms with Gasteiger partial charge in [0.2, 0.25) is 11.1 Å². The predicted molar refractivity (Wildman–Crippen MR) is 97.1 cm³/mol. The minimum Gasteiger partial charge on any atom is -0.298 e. The van der Waals surface area contributed by atoms with Crippen LogP contribution in [-0.2, 0) is 4.79 Å². The van der Waals surface area contributed by atoms with Gasteiger partial charge in [0.15, 0.2) is 5.11 Å². The number of thioether (sulfide) groups is 1. The highest BCUT2D eigenvalue weighted by Gasteiger charge is 2.09. The predicted octanol–water partition coefficient (Wildman–Crippen LogP) is 2.62. The molecule has 1 amide bonds. The molecular weight excluding hydrogens is 354 g/mol. The highest BCUT2D eigenvalue weighted by atomic mass is 35.5. The molecule has 2 aromatic rings. The number of amides is 1. The molecule has 0 bridgehead atoms. The third-order valence-corrected chi connectivity index (χ3v) is 3.80. The Morgan fingerprint density at radius 2 is 2.04 bits per heavy atom. The number of hydrogen-bond donors (Lipinski definition) is 2. The highest BCUT2D eigenvalue weighted by molar-refractivity contribution is 7.98. The Labute approximate surface area is 148 Å². The molecule has 0 spiro atoms. The van der Waals surface area contributed by atoms with Gasteiger partial charge in [-0.15, -0.1) is 10.2 Å². The van der Waals surface area contributed by atoms with E-state index < -0.39 is 0 Å². The molecule has 2 N–H and O–H groups in total. The molecular formula is C14H14ClN5OS2. The van der Waals surface area contributed by atoms with Crippen LogP contribution in [0.5, 0.6) is 0 Å². The van der Waals surface area contributed by atoms with Crippen molar-refractivity contribution in [2.24, 2.45) is 0 Å². The van der Waals surface area contributed by atoms with Gasteiger partial charge in [-0.1, -0.05) is 35.5 Å². The van der Waals surface area contributed by atoms with Gasteiger partial charge in [0.25, 0.3) is 0 Å². The van der Waals surface area contributed by atoms with Crippen molar-refractivity contribution in [1.29, 1.82) is 0 Å². The van der Waals surface area contributed by atoms with Crippen molar-refractivity contribution >= 4 is 52.7 Å². The third-order valence-electron chi connectivity index (χ3n) is 2.72. The van der Waals surface area contributed by atoms with E-state index >= 15 is 0 Å². The van der Waals surface area contributed by atoms with E-state index in [-0.39, 0.29) is 11.0 Å². The van der Waals surface area contributed by atoms with Gasteiger partial charge < -0.3 is 0 Å². The van der Waals surface area contributed by atoms with Crippen LogP contribution in [0, 0.1) is 6.92 Å². The van der Waals surface area contributed by atoms with Gasteiger partial charge in [-0.05, 0) is 49.2 Å². The first-order chi connectivity index (χ1) is 11.0. The van der Waals surface area contributed by atoms with E-state index in [0.717, 1.165) is 5.56 Å². The Morgan fingerprint density at radius 1 is 1.35 bits per heavy atom. The zero-order valence-electron chi connectivity index (χ0n) is 12.4. The molecule has 0 saturated carbocycles. The molecule has 1 aromatic carbocycles. The van der Waals surface area contributed by atoms with Gasteiger partial charge in [-0.3, -0.25) is 15.5 Å². The molecule has 0 fully saturated rings. The van der Waals surface area contributed by atoms with Gasteiger partial charge in [0.1, 0.15) is 5.82 Å². The summed E-state index contributed by atoms with van der Waals surface area (Å²) in [4.78, 5) is 11.9. The minimum atomic E-state index is -0.339. The van der Waals surface area contributed by atoms with Gasteiger partial charge in [-0.25, -0.2) is 4.68 Å². The summed E-state index contributed by atoms with van der Waals surface area (Å²) < 4.78 is 1.61. The summed E-state index contributed by atoms with van der Waals surface area (Å²) in [6.45, 7) is 1.78. The number of rotatable bonds is 4. The molecule has 23 heavy (non-hydrogen) atoms. The molecule has 1 heterocycles. The molecule has 0 aliphatic heterocycles. The van der Waals surface area contributed by atoms with Crippen LogP contribution in [0.1, 0.15) is 11.4 Å². The fraction of sp³-hybridized carbons (Fsp3) is 0.143. The summed E-state index contributed by atoms with van der Waals surface area (Å²) in [6.07, 6.45) is 4.94. The molecule has 0 saturated heterocycles. The van der Waals surface area contributed by atoms with E-state index in [1.165, 1.54) is 17.8 Å². The van der Waals surface area contributed by atoms with E-state index in [4.69, 9.17) is 23.8 Å². The summed E-state index contributed by atoms with van der Waals surface area (Å²) in [7, 11) is 0. The van der Waals surface area contributed by atoms with Gasteiger partial charge in [0.05, 0.1) is 0 Å². The molecule has 0 radical (unpaired) electrons. The van der Waals surface area contributed by atoms with Crippen LogP contribution in [0.2, 0.25) is 5.02 Å². The summed E-state index contributed by atoms with van der Waals surface area (Å²) in [5.41, 5.74) is 3.73. The zero-order chi connectivity index (χ0) is 16.8. The van der Waals surface area contributed by atoms with Crippen molar-refractivity contribution in [1.82, 2.24) is 20.2 Å². The molecule has 0 aliphatic rings. The van der Waals surface area contributed by atoms with E-state index in [0.29, 0.717) is 16.0 Å². The number of hydrogen-bond acceptors (Lipinski definition) is 5. The maximum atomic E-state index is 11.9. The lowest BCUT2D eigenvalue weighted by atomic mass is 10.2. The van der Waals surface area contributed by atoms with Crippen molar-refractivity contribution in [2.75, 3.05) is 11.7 Å². The molecule has 1 aromatic heterocycles. The maximum Gasteiger partial charge on any atom is 0.250 e. The first-order valence-electron chi connectivity index (χ1n) is 6.51. The summed E-state index contributed by atoms with van der Waals surface area (Å²) in [5.74, 6) is 0.302. The average Bonchev–Trinajstić information content (AvgIpc) is 2.87. The van der Waals surface area contributed by atoms with Crippen LogP contribution in [0.3, 0.4) is 0 Å². The molecule has 120 valence electrons. The van der Waals surface area contributed by atoms with Gasteiger partial charge >= 0.3 is 0 Å². The normalized spacial score (nSPS) is 10.7. The van der Waals surface area contributed by atoms with Crippen molar-refractivity contribution in [2.45, 2.75) is 12.1 Å². The van der Waals surface area contributed by atoms with Crippen LogP contribution >= 0.6 is 35.6 Å². The van der Waals surface area contributed by atoms with Crippen LogP contribution in [0.4, 0.5) is 0 Å². The number of carbonyl (C=O) groups is 1. The number of halogens is 1. The summed E-state index contributed by atoms with van der Waals surface area (Å²) >= 11 is 12.3. The lowest BCUT2D eigenvalue weighted by Gasteiger charge is -2.11. The second kappa shape index (κ2) is 8.09. The highest BCUT2D eigenvalue weighted by Crippen LogP contribution is 2.11. The maximum absolute atomic E-state index is 11.9. The van der Waals surface area contributed by atoms with Crippen molar-refractivity contribution < 1.29 is 4.79 Å². The Hall–Kier alpha value is -1.90. The number of benzene rings is 1. The van der Waals surface area contributed by atoms with E-state index in [1.54, 1.807) is 29.8 Å². The molecule has 0 aliphatic carbocycles. The van der Waals surface area contributed by atoms with E-state index in [2.05, 4.69) is 20.9 Å². The lowest BCUT2D eigenvalue weighted by Crippen LogP contribution is -2.37. The minimum absolute atomic E-state index is 0.161. The largest absolute Gasteiger partial charge is 0.298 e. The first kappa shape index (κ1) is 17.5. The monoisotopic (exact) mass is 367 g/mol. The van der Waals surface area contributed by atoms with E-state index in [1.807, 2.05) is 18.4 Å². The van der Waals surface area contributed by atoms with Gasteiger partial charge in [-0.2, -0.15) is 0 Å². The fourth-order valence-corrected chi connectivity index (χ4v) is 2.43. The number of nitrogens with zero attached hydrogens (tertiary/aromatic N) is 3. The SMILES string of the molecule is CSc1nnc(C)n1NC(=S)NC(=O)/C=C/c1ccc(Cl)cc1. The number of carbonyl (C=O) groups excluding carboxylic acids is 1. The number of thiocarbonyl (C=S) groups is 1. The molecule has 6 nitrogen and oxygen atoms in total. The summed E-state index contributed by atoms with van der Waals surface area (Å²) in [5, 5.41) is 11.9. The Morgan fingerprint density at radius 3 is 2.70 bits per heavy atom. The smallest absolute Gasteiger partial charge is 0.250 e. The molecule has 0 unspecified atom stereocenters. The van der Waals surface area contributed by atoms with Crippen LogP contribution in [0.25, 0.3) is 6.08 Å². The van der Waals surface area contributed by atoms with Gasteiger partial charge in [0, 0.05) is 11.1 Å². The standard InChI is InChI=1S/C14H14ClN5OS2/c1-9-17-18-14(23-2)20(9)19-13(22)16-12(21)8-5-10-3-6-11(15)7-4-10/h3-8H,1-2H3,(H2,16,19,21,22)/b8-5+. The molecule has 0 atom stereocenters. The Kier molecular flexibility index (Phi) is 6.14. The third kappa shape index (κ3) is 5.05. The first-order valence-corrected chi connectivity index (χ1v) is 8.52. The molecule has 2 rings (SSSR count). The summed E-state index contributed by atoms with van der Waals surface area (Å²) in [6, 6.07) is 7.13. The van der Waals surface area contributed by atoms with E-state index in [9.17, 15) is 4.79 Å².